The first-order valence-corrected chi connectivity index (χ1v) is 12.3. The molecule has 0 amide bonds. The molecule has 0 aliphatic heterocycles. The number of aryl methyl sites for hydroxylation is 1. The van der Waals surface area contributed by atoms with Crippen LogP contribution in [0.5, 0.6) is 5.75 Å². The molecule has 3 aliphatic rings. The first-order valence-electron chi connectivity index (χ1n) is 12.3. The highest BCUT2D eigenvalue weighted by atomic mass is 16.5. The van der Waals surface area contributed by atoms with Crippen molar-refractivity contribution in [2.75, 3.05) is 19.0 Å². The third-order valence-electron chi connectivity index (χ3n) is 8.28. The van der Waals surface area contributed by atoms with Gasteiger partial charge in [0.15, 0.2) is 0 Å². The fraction of sp³-hybridized carbons (Fsp3) is 0.500. The summed E-state index contributed by atoms with van der Waals surface area (Å²) in [5, 5.41) is 8.22. The van der Waals surface area contributed by atoms with Crippen LogP contribution in [0.4, 0.5) is 5.69 Å². The number of benzene rings is 1. The molecule has 1 aromatic carbocycles. The van der Waals surface area contributed by atoms with Gasteiger partial charge >= 0.3 is 0 Å². The van der Waals surface area contributed by atoms with E-state index in [1.807, 2.05) is 23.3 Å². The van der Waals surface area contributed by atoms with Gasteiger partial charge in [-0.05, 0) is 93.4 Å². The van der Waals surface area contributed by atoms with Crippen LogP contribution in [0, 0.1) is 12.3 Å². The van der Waals surface area contributed by atoms with Gasteiger partial charge in [0.25, 0.3) is 0 Å². The van der Waals surface area contributed by atoms with Crippen molar-refractivity contribution in [2.24, 2.45) is 5.41 Å². The minimum absolute atomic E-state index is 0.358. The summed E-state index contributed by atoms with van der Waals surface area (Å²) in [4.78, 5) is 4.50. The zero-order valence-electron chi connectivity index (χ0n) is 20.4. The van der Waals surface area contributed by atoms with Gasteiger partial charge in [0, 0.05) is 42.3 Å². The molecule has 0 unspecified atom stereocenters. The molecule has 3 aromatic rings. The van der Waals surface area contributed by atoms with Crippen LogP contribution >= 0.6 is 0 Å². The number of aromatic nitrogens is 3. The van der Waals surface area contributed by atoms with E-state index in [9.17, 15) is 0 Å². The summed E-state index contributed by atoms with van der Waals surface area (Å²) < 4.78 is 7.48. The zero-order chi connectivity index (χ0) is 23.1. The maximum atomic E-state index is 5.48. The highest BCUT2D eigenvalue weighted by Gasteiger charge is 2.49. The van der Waals surface area contributed by atoms with Gasteiger partial charge in [0.1, 0.15) is 5.75 Å². The molecule has 174 valence electrons. The van der Waals surface area contributed by atoms with Crippen LogP contribution in [-0.4, -0.2) is 28.4 Å². The van der Waals surface area contributed by atoms with Crippen LogP contribution in [0.25, 0.3) is 11.1 Å². The normalized spacial score (nSPS) is 24.3. The van der Waals surface area contributed by atoms with E-state index < -0.39 is 0 Å². The number of methoxy groups -OCH3 is 1. The standard InChI is InChI=1S/C28H36N4O/c1-20(2)32-18-23(16-31-32)22-14-25(17-29-15-22)30-19-27-7-10-28(11-8-27,12-9-27)24-5-6-26(33-4)21(3)13-24/h5-6,13-18,20,30H,7-12,19H2,1-4H3. The third-order valence-corrected chi connectivity index (χ3v) is 8.28. The molecule has 3 saturated carbocycles. The van der Waals surface area contributed by atoms with Gasteiger partial charge in [-0.25, -0.2) is 0 Å². The van der Waals surface area contributed by atoms with Crippen molar-refractivity contribution < 1.29 is 4.74 Å². The molecule has 5 nitrogen and oxygen atoms in total. The number of nitrogens with zero attached hydrogens (tertiary/aromatic N) is 3. The minimum Gasteiger partial charge on any atom is -0.496 e. The summed E-state index contributed by atoms with van der Waals surface area (Å²) in [6.07, 6.45) is 15.6. The van der Waals surface area contributed by atoms with Crippen LogP contribution in [0.3, 0.4) is 0 Å². The van der Waals surface area contributed by atoms with Gasteiger partial charge in [0.05, 0.1) is 19.0 Å². The first-order chi connectivity index (χ1) is 15.9. The molecule has 3 aliphatic carbocycles. The van der Waals surface area contributed by atoms with Gasteiger partial charge in [-0.3, -0.25) is 9.67 Å². The van der Waals surface area contributed by atoms with Crippen molar-refractivity contribution in [1.82, 2.24) is 14.8 Å². The van der Waals surface area contributed by atoms with Crippen LogP contribution in [0.1, 0.15) is 69.5 Å². The quantitative estimate of drug-likeness (QED) is 0.449. The number of ether oxygens (including phenoxy) is 1. The van der Waals surface area contributed by atoms with Crippen LogP contribution in [0.15, 0.2) is 49.1 Å². The van der Waals surface area contributed by atoms with Gasteiger partial charge in [-0.15, -0.1) is 0 Å². The monoisotopic (exact) mass is 444 g/mol. The number of rotatable bonds is 7. The Balaban J connectivity index is 1.25. The van der Waals surface area contributed by atoms with E-state index in [1.54, 1.807) is 7.11 Å². The highest BCUT2D eigenvalue weighted by Crippen LogP contribution is 2.58. The average molecular weight is 445 g/mol. The topological polar surface area (TPSA) is 52.0 Å². The van der Waals surface area contributed by atoms with E-state index in [-0.39, 0.29) is 0 Å². The number of nitrogens with one attached hydrogen (secondary N) is 1. The van der Waals surface area contributed by atoms with Crippen LogP contribution in [0.2, 0.25) is 0 Å². The van der Waals surface area contributed by atoms with Crippen LogP contribution < -0.4 is 10.1 Å². The van der Waals surface area contributed by atoms with E-state index in [0.717, 1.165) is 29.1 Å². The van der Waals surface area contributed by atoms with E-state index in [0.29, 0.717) is 16.9 Å². The lowest BCUT2D eigenvalue weighted by atomic mass is 9.52. The van der Waals surface area contributed by atoms with E-state index in [2.05, 4.69) is 66.6 Å². The highest BCUT2D eigenvalue weighted by molar-refractivity contribution is 5.65. The second-order valence-electron chi connectivity index (χ2n) is 10.6. The van der Waals surface area contributed by atoms with E-state index in [4.69, 9.17) is 4.74 Å². The second-order valence-corrected chi connectivity index (χ2v) is 10.6. The van der Waals surface area contributed by atoms with E-state index in [1.165, 1.54) is 49.7 Å². The summed E-state index contributed by atoms with van der Waals surface area (Å²) in [5.41, 5.74) is 6.87. The number of pyridine rings is 1. The molecule has 0 atom stereocenters. The Labute approximate surface area is 197 Å². The molecular weight excluding hydrogens is 408 g/mol. The van der Waals surface area contributed by atoms with Gasteiger partial charge in [-0.1, -0.05) is 12.1 Å². The van der Waals surface area contributed by atoms with Crippen molar-refractivity contribution in [3.8, 4) is 16.9 Å². The Kier molecular flexibility index (Phi) is 5.67. The Morgan fingerprint density at radius 1 is 1.00 bits per heavy atom. The number of hydrogen-bond acceptors (Lipinski definition) is 4. The summed E-state index contributed by atoms with van der Waals surface area (Å²) >= 11 is 0. The fourth-order valence-corrected chi connectivity index (χ4v) is 5.92. The summed E-state index contributed by atoms with van der Waals surface area (Å²) in [7, 11) is 1.76. The minimum atomic E-state index is 0.358. The molecule has 0 spiro atoms. The molecule has 3 fully saturated rings. The van der Waals surface area contributed by atoms with Crippen molar-refractivity contribution in [3.05, 3.63) is 60.2 Å². The molecule has 2 heterocycles. The van der Waals surface area contributed by atoms with Crippen molar-refractivity contribution >= 4 is 5.69 Å². The number of hydrogen-bond donors (Lipinski definition) is 1. The molecule has 0 radical (unpaired) electrons. The molecule has 6 rings (SSSR count). The third kappa shape index (κ3) is 4.14. The van der Waals surface area contributed by atoms with Gasteiger partial charge < -0.3 is 10.1 Å². The molecular formula is C28H36N4O. The molecule has 33 heavy (non-hydrogen) atoms. The molecule has 2 bridgehead atoms. The molecule has 1 N–H and O–H groups in total. The Bertz CT molecular complexity index is 1110. The summed E-state index contributed by atoms with van der Waals surface area (Å²) in [6.45, 7) is 7.48. The second kappa shape index (κ2) is 8.51. The molecule has 5 heteroatoms. The van der Waals surface area contributed by atoms with Gasteiger partial charge in [0.2, 0.25) is 0 Å². The predicted molar refractivity (Wildman–Crippen MR) is 134 cm³/mol. The Morgan fingerprint density at radius 2 is 1.76 bits per heavy atom. The van der Waals surface area contributed by atoms with E-state index >= 15 is 0 Å². The van der Waals surface area contributed by atoms with Crippen molar-refractivity contribution in [3.63, 3.8) is 0 Å². The molecule has 2 aromatic heterocycles. The summed E-state index contributed by atoms with van der Waals surface area (Å²) in [6, 6.07) is 9.40. The first kappa shape index (κ1) is 22.0. The smallest absolute Gasteiger partial charge is 0.121 e. The predicted octanol–water partition coefficient (Wildman–Crippen LogP) is 6.55. The lowest BCUT2D eigenvalue weighted by molar-refractivity contribution is 0.0505. The number of fused-ring (bicyclic) bond motifs is 3. The maximum Gasteiger partial charge on any atom is 0.121 e. The zero-order valence-corrected chi connectivity index (χ0v) is 20.4. The Hall–Kier alpha value is -2.82. The van der Waals surface area contributed by atoms with Crippen molar-refractivity contribution in [2.45, 2.75) is 70.8 Å². The van der Waals surface area contributed by atoms with Crippen molar-refractivity contribution in [1.29, 1.82) is 0 Å². The lowest BCUT2D eigenvalue weighted by Gasteiger charge is -2.54. The summed E-state index contributed by atoms with van der Waals surface area (Å²) in [5.74, 6) is 0.993. The average Bonchev–Trinajstić information content (AvgIpc) is 3.35. The Morgan fingerprint density at radius 3 is 2.39 bits per heavy atom. The van der Waals surface area contributed by atoms with Crippen LogP contribution in [-0.2, 0) is 5.41 Å². The van der Waals surface area contributed by atoms with Gasteiger partial charge in [-0.2, -0.15) is 5.10 Å². The maximum absolute atomic E-state index is 5.48. The number of anilines is 1. The molecule has 0 saturated heterocycles. The fourth-order valence-electron chi connectivity index (χ4n) is 5.92. The lowest BCUT2D eigenvalue weighted by Crippen LogP contribution is -2.47. The SMILES string of the molecule is COc1ccc(C23CCC(CNc4cncc(-c5cnn(C(C)C)c5)c4)(CC2)CC3)cc1C. The largest absolute Gasteiger partial charge is 0.496 e.